The molecule has 0 saturated carbocycles. The minimum atomic E-state index is -0.401. The Morgan fingerprint density at radius 3 is 2.53 bits per heavy atom. The van der Waals surface area contributed by atoms with E-state index in [-0.39, 0.29) is 11.6 Å². The fourth-order valence-electron chi connectivity index (χ4n) is 2.61. The van der Waals surface area contributed by atoms with E-state index in [1.807, 2.05) is 25.7 Å². The van der Waals surface area contributed by atoms with Crippen molar-refractivity contribution in [3.8, 4) is 0 Å². The van der Waals surface area contributed by atoms with Gasteiger partial charge in [-0.25, -0.2) is 4.79 Å². The number of piperidine rings is 1. The van der Waals surface area contributed by atoms with Crippen molar-refractivity contribution in [3.63, 3.8) is 0 Å². The minimum Gasteiger partial charge on any atom is -0.444 e. The fourth-order valence-corrected chi connectivity index (χ4v) is 2.61. The van der Waals surface area contributed by atoms with Gasteiger partial charge in [-0.15, -0.1) is 0 Å². The van der Waals surface area contributed by atoms with Gasteiger partial charge in [-0.1, -0.05) is 13.3 Å². The highest BCUT2D eigenvalue weighted by Gasteiger charge is 2.38. The Bertz CT molecular complexity index is 266. The van der Waals surface area contributed by atoms with Gasteiger partial charge in [0.05, 0.1) is 0 Å². The molecule has 1 amide bonds. The van der Waals surface area contributed by atoms with Crippen LogP contribution in [-0.4, -0.2) is 28.7 Å². The van der Waals surface area contributed by atoms with Crippen LogP contribution in [0.15, 0.2) is 0 Å². The zero-order chi connectivity index (χ0) is 13.1. The van der Waals surface area contributed by atoms with Gasteiger partial charge in [-0.05, 0) is 53.4 Å². The maximum atomic E-state index is 12.2. The van der Waals surface area contributed by atoms with Gasteiger partial charge in [0, 0.05) is 12.1 Å². The van der Waals surface area contributed by atoms with Crippen LogP contribution in [0.25, 0.3) is 0 Å². The number of carbonyl (C=O) groups is 1. The van der Waals surface area contributed by atoms with Crippen LogP contribution < -0.4 is 0 Å². The van der Waals surface area contributed by atoms with E-state index in [0.717, 1.165) is 32.2 Å². The second-order valence-electron chi connectivity index (χ2n) is 6.34. The van der Waals surface area contributed by atoms with Gasteiger partial charge in [-0.3, -0.25) is 0 Å². The predicted molar refractivity (Wildman–Crippen MR) is 70.1 cm³/mol. The lowest BCUT2D eigenvalue weighted by Crippen LogP contribution is -2.53. The van der Waals surface area contributed by atoms with Gasteiger partial charge in [0.15, 0.2) is 0 Å². The fraction of sp³-hybridized carbons (Fsp3) is 0.929. The van der Waals surface area contributed by atoms with Gasteiger partial charge in [0.1, 0.15) is 5.60 Å². The van der Waals surface area contributed by atoms with Crippen LogP contribution >= 0.6 is 0 Å². The summed E-state index contributed by atoms with van der Waals surface area (Å²) in [6, 6.07) is 0. The molecule has 3 heteroatoms. The predicted octanol–water partition coefficient (Wildman–Crippen LogP) is 3.97. The molecule has 0 aliphatic carbocycles. The quantitative estimate of drug-likeness (QED) is 0.732. The average Bonchev–Trinajstić information content (AvgIpc) is 2.15. The van der Waals surface area contributed by atoms with Crippen molar-refractivity contribution in [1.82, 2.24) is 4.90 Å². The van der Waals surface area contributed by atoms with Crippen molar-refractivity contribution in [2.45, 2.75) is 77.9 Å². The zero-order valence-corrected chi connectivity index (χ0v) is 12.0. The molecule has 0 aromatic heterocycles. The number of rotatable bonds is 2. The lowest BCUT2D eigenvalue weighted by Gasteiger charge is -2.45. The van der Waals surface area contributed by atoms with Crippen LogP contribution in [0.3, 0.4) is 0 Å². The standard InChI is InChI=1S/C14H27NO2/c1-6-9-14(5)10-7-8-11-15(14)12(16)17-13(2,3)4/h6-11H2,1-5H3. The summed E-state index contributed by atoms with van der Waals surface area (Å²) in [6.07, 6.45) is 5.43. The molecule has 1 saturated heterocycles. The van der Waals surface area contributed by atoms with Crippen molar-refractivity contribution in [2.75, 3.05) is 6.54 Å². The third-order valence-corrected chi connectivity index (χ3v) is 3.40. The van der Waals surface area contributed by atoms with Gasteiger partial charge >= 0.3 is 6.09 Å². The molecule has 1 heterocycles. The van der Waals surface area contributed by atoms with Crippen molar-refractivity contribution in [1.29, 1.82) is 0 Å². The van der Waals surface area contributed by atoms with E-state index in [2.05, 4.69) is 13.8 Å². The monoisotopic (exact) mass is 241 g/mol. The van der Waals surface area contributed by atoms with E-state index in [1.54, 1.807) is 0 Å². The van der Waals surface area contributed by atoms with Crippen molar-refractivity contribution in [3.05, 3.63) is 0 Å². The number of likely N-dealkylation sites (tertiary alicyclic amines) is 1. The molecule has 17 heavy (non-hydrogen) atoms. The van der Waals surface area contributed by atoms with Crippen LogP contribution in [0.2, 0.25) is 0 Å². The van der Waals surface area contributed by atoms with Gasteiger partial charge in [-0.2, -0.15) is 0 Å². The number of nitrogens with zero attached hydrogens (tertiary/aromatic N) is 1. The molecule has 0 N–H and O–H groups in total. The van der Waals surface area contributed by atoms with E-state index in [1.165, 1.54) is 6.42 Å². The smallest absolute Gasteiger partial charge is 0.410 e. The van der Waals surface area contributed by atoms with E-state index < -0.39 is 5.60 Å². The molecule has 3 nitrogen and oxygen atoms in total. The van der Waals surface area contributed by atoms with Crippen LogP contribution in [-0.2, 0) is 4.74 Å². The summed E-state index contributed by atoms with van der Waals surface area (Å²) in [6.45, 7) is 11.0. The number of hydrogen-bond donors (Lipinski definition) is 0. The lowest BCUT2D eigenvalue weighted by atomic mass is 9.85. The first kappa shape index (κ1) is 14.3. The largest absolute Gasteiger partial charge is 0.444 e. The van der Waals surface area contributed by atoms with E-state index in [9.17, 15) is 4.79 Å². The zero-order valence-electron chi connectivity index (χ0n) is 12.0. The summed E-state index contributed by atoms with van der Waals surface area (Å²) in [5.41, 5.74) is -0.406. The SMILES string of the molecule is CCCC1(C)CCCCN1C(=O)OC(C)(C)C. The summed E-state index contributed by atoms with van der Waals surface area (Å²) in [4.78, 5) is 14.2. The van der Waals surface area contributed by atoms with E-state index >= 15 is 0 Å². The summed E-state index contributed by atoms with van der Waals surface area (Å²) >= 11 is 0. The molecule has 1 aliphatic heterocycles. The third kappa shape index (κ3) is 3.90. The number of carbonyl (C=O) groups excluding carboxylic acids is 1. The Hall–Kier alpha value is -0.730. The Kier molecular flexibility index (Phi) is 4.45. The normalized spacial score (nSPS) is 25.8. The van der Waals surface area contributed by atoms with E-state index in [0.29, 0.717) is 0 Å². The maximum absolute atomic E-state index is 12.2. The molecule has 0 radical (unpaired) electrons. The Balaban J connectivity index is 2.74. The van der Waals surface area contributed by atoms with Crippen LogP contribution in [0.4, 0.5) is 4.79 Å². The number of ether oxygens (including phenoxy) is 1. The minimum absolute atomic E-state index is 0.00463. The lowest BCUT2D eigenvalue weighted by molar-refractivity contribution is -0.0133. The van der Waals surface area contributed by atoms with Crippen molar-refractivity contribution >= 4 is 6.09 Å². The Morgan fingerprint density at radius 1 is 1.35 bits per heavy atom. The molecule has 1 unspecified atom stereocenters. The summed E-state index contributed by atoms with van der Waals surface area (Å²) in [5, 5.41) is 0. The first-order chi connectivity index (χ1) is 7.78. The molecular weight excluding hydrogens is 214 g/mol. The molecule has 100 valence electrons. The molecule has 1 rings (SSSR count). The first-order valence-corrected chi connectivity index (χ1v) is 6.79. The molecule has 0 aromatic carbocycles. The first-order valence-electron chi connectivity index (χ1n) is 6.79. The van der Waals surface area contributed by atoms with Crippen LogP contribution in [0.1, 0.15) is 66.7 Å². The summed E-state index contributed by atoms with van der Waals surface area (Å²) in [5.74, 6) is 0. The highest BCUT2D eigenvalue weighted by atomic mass is 16.6. The summed E-state index contributed by atoms with van der Waals surface area (Å²) in [7, 11) is 0. The topological polar surface area (TPSA) is 29.5 Å². The molecule has 0 bridgehead atoms. The van der Waals surface area contributed by atoms with Crippen LogP contribution in [0.5, 0.6) is 0 Å². The molecular formula is C14H27NO2. The Labute approximate surface area is 106 Å². The molecule has 0 aromatic rings. The highest BCUT2D eigenvalue weighted by Crippen LogP contribution is 2.33. The number of hydrogen-bond acceptors (Lipinski definition) is 2. The second kappa shape index (κ2) is 5.28. The average molecular weight is 241 g/mol. The van der Waals surface area contributed by atoms with E-state index in [4.69, 9.17) is 4.74 Å². The second-order valence-corrected chi connectivity index (χ2v) is 6.34. The Morgan fingerprint density at radius 2 is 2.00 bits per heavy atom. The third-order valence-electron chi connectivity index (χ3n) is 3.40. The molecule has 1 atom stereocenters. The molecule has 1 aliphatic rings. The van der Waals surface area contributed by atoms with Gasteiger partial charge in [0.25, 0.3) is 0 Å². The van der Waals surface area contributed by atoms with Crippen molar-refractivity contribution < 1.29 is 9.53 Å². The number of amides is 1. The summed E-state index contributed by atoms with van der Waals surface area (Å²) < 4.78 is 5.51. The maximum Gasteiger partial charge on any atom is 0.410 e. The van der Waals surface area contributed by atoms with Crippen LogP contribution in [0, 0.1) is 0 Å². The van der Waals surface area contributed by atoms with Gasteiger partial charge in [0.2, 0.25) is 0 Å². The van der Waals surface area contributed by atoms with Gasteiger partial charge < -0.3 is 9.64 Å². The van der Waals surface area contributed by atoms with Crippen molar-refractivity contribution in [2.24, 2.45) is 0 Å². The molecule has 1 fully saturated rings. The molecule has 0 spiro atoms. The highest BCUT2D eigenvalue weighted by molar-refractivity contribution is 5.69.